The van der Waals surface area contributed by atoms with Crippen molar-refractivity contribution in [2.24, 2.45) is 0 Å². The lowest BCUT2D eigenvalue weighted by Crippen LogP contribution is -2.47. The molecule has 4 rings (SSSR count). The summed E-state index contributed by atoms with van der Waals surface area (Å²) in [6, 6.07) is 4.96. The van der Waals surface area contributed by atoms with Gasteiger partial charge in [0.15, 0.2) is 11.5 Å². The highest BCUT2D eigenvalue weighted by Crippen LogP contribution is 2.33. The average Bonchev–Trinajstić information content (AvgIpc) is 3.55. The van der Waals surface area contributed by atoms with Gasteiger partial charge in [-0.3, -0.25) is 14.4 Å². The van der Waals surface area contributed by atoms with Crippen LogP contribution in [0, 0.1) is 0 Å². The van der Waals surface area contributed by atoms with Gasteiger partial charge in [0.05, 0.1) is 19.5 Å². The summed E-state index contributed by atoms with van der Waals surface area (Å²) < 4.78 is 18.0. The normalized spacial score (nSPS) is 16.9. The number of rotatable bonds is 7. The van der Waals surface area contributed by atoms with Crippen LogP contribution in [0.3, 0.4) is 0 Å². The zero-order valence-corrected chi connectivity index (χ0v) is 16.8. The number of carbonyl (C=O) groups is 3. The summed E-state index contributed by atoms with van der Waals surface area (Å²) in [6.45, 7) is 1.91. The highest BCUT2D eigenvalue weighted by Gasteiger charge is 2.32. The molecule has 0 bridgehead atoms. The van der Waals surface area contributed by atoms with E-state index in [4.69, 9.17) is 14.2 Å². The molecule has 31 heavy (non-hydrogen) atoms. The largest absolute Gasteiger partial charge is 0.454 e. The number of benzene rings is 1. The fourth-order valence-electron chi connectivity index (χ4n) is 3.34. The van der Waals surface area contributed by atoms with Crippen LogP contribution in [-0.2, 0) is 20.9 Å². The number of hydrogen-bond acceptors (Lipinski definition) is 7. The second kappa shape index (κ2) is 9.47. The van der Waals surface area contributed by atoms with Crippen molar-refractivity contribution in [3.8, 4) is 11.5 Å². The number of nitrogens with zero attached hydrogens (tertiary/aromatic N) is 3. The molecule has 2 N–H and O–H groups in total. The summed E-state index contributed by atoms with van der Waals surface area (Å²) in [5, 5.41) is 5.10. The molecule has 3 amide bonds. The van der Waals surface area contributed by atoms with Gasteiger partial charge in [0.1, 0.15) is 6.23 Å². The maximum Gasteiger partial charge on any atom is 0.309 e. The second-order valence-electron chi connectivity index (χ2n) is 7.01. The molecule has 2 aliphatic rings. The van der Waals surface area contributed by atoms with Crippen LogP contribution in [0.4, 0.5) is 0 Å². The van der Waals surface area contributed by atoms with Crippen molar-refractivity contribution >= 4 is 17.7 Å². The first-order chi connectivity index (χ1) is 15.1. The predicted molar refractivity (Wildman–Crippen MR) is 106 cm³/mol. The Morgan fingerprint density at radius 1 is 1.13 bits per heavy atom. The van der Waals surface area contributed by atoms with Gasteiger partial charge in [-0.2, -0.15) is 0 Å². The monoisotopic (exact) mass is 429 g/mol. The van der Waals surface area contributed by atoms with Crippen LogP contribution in [0.15, 0.2) is 36.9 Å². The fraction of sp³-hybridized carbons (Fsp3) is 0.400. The molecule has 0 radical (unpaired) electrons. The van der Waals surface area contributed by atoms with E-state index in [1.807, 2.05) is 10.8 Å². The molecule has 11 nitrogen and oxygen atoms in total. The van der Waals surface area contributed by atoms with E-state index in [1.54, 1.807) is 30.7 Å². The zero-order chi connectivity index (χ0) is 21.6. The molecule has 1 aromatic carbocycles. The van der Waals surface area contributed by atoms with Crippen molar-refractivity contribution in [2.75, 3.05) is 33.0 Å². The quantitative estimate of drug-likeness (QED) is 0.459. The lowest BCUT2D eigenvalue weighted by molar-refractivity contribution is -0.139. The highest BCUT2D eigenvalue weighted by molar-refractivity contribution is 6.35. The molecule has 164 valence electrons. The van der Waals surface area contributed by atoms with Gasteiger partial charge in [-0.05, 0) is 24.6 Å². The number of carbonyl (C=O) groups excluding carboxylic acids is 3. The van der Waals surface area contributed by atoms with Crippen molar-refractivity contribution in [1.82, 2.24) is 25.1 Å². The lowest BCUT2D eigenvalue weighted by atomic mass is 10.1. The van der Waals surface area contributed by atoms with E-state index >= 15 is 0 Å². The third-order valence-electron chi connectivity index (χ3n) is 4.95. The van der Waals surface area contributed by atoms with E-state index in [9.17, 15) is 14.4 Å². The summed E-state index contributed by atoms with van der Waals surface area (Å²) in [5.74, 6) is -0.639. The van der Waals surface area contributed by atoms with Crippen molar-refractivity contribution < 1.29 is 28.6 Å². The first kappa shape index (κ1) is 20.7. The van der Waals surface area contributed by atoms with Crippen molar-refractivity contribution in [1.29, 1.82) is 0 Å². The molecule has 1 saturated heterocycles. The van der Waals surface area contributed by atoms with E-state index in [2.05, 4.69) is 15.6 Å². The van der Waals surface area contributed by atoms with E-state index in [-0.39, 0.29) is 19.2 Å². The topological polar surface area (TPSA) is 124 Å². The SMILES string of the molecule is O=C(NCCCn1ccnc1)C(=O)NC[C@H]1OCCN1C(=O)c1ccc2c(c1)OCO2. The first-order valence-electron chi connectivity index (χ1n) is 9.96. The van der Waals surface area contributed by atoms with Crippen molar-refractivity contribution in [2.45, 2.75) is 19.2 Å². The Morgan fingerprint density at radius 2 is 1.97 bits per heavy atom. The van der Waals surface area contributed by atoms with Crippen LogP contribution < -0.4 is 20.1 Å². The van der Waals surface area contributed by atoms with Gasteiger partial charge in [0, 0.05) is 37.6 Å². The van der Waals surface area contributed by atoms with Crippen LogP contribution in [0.25, 0.3) is 0 Å². The second-order valence-corrected chi connectivity index (χ2v) is 7.01. The number of nitrogens with one attached hydrogen (secondary N) is 2. The molecule has 0 saturated carbocycles. The number of fused-ring (bicyclic) bond motifs is 1. The summed E-state index contributed by atoms with van der Waals surface area (Å²) in [7, 11) is 0. The molecule has 2 aromatic rings. The molecule has 11 heteroatoms. The minimum atomic E-state index is -0.770. The van der Waals surface area contributed by atoms with Crippen molar-refractivity contribution in [3.05, 3.63) is 42.5 Å². The minimum absolute atomic E-state index is 0.0115. The lowest BCUT2D eigenvalue weighted by Gasteiger charge is -2.23. The molecular formula is C20H23N5O6. The number of hydrogen-bond donors (Lipinski definition) is 2. The Kier molecular flexibility index (Phi) is 6.32. The smallest absolute Gasteiger partial charge is 0.309 e. The Hall–Kier alpha value is -3.60. The van der Waals surface area contributed by atoms with E-state index < -0.39 is 18.0 Å². The van der Waals surface area contributed by atoms with Crippen LogP contribution in [0.5, 0.6) is 11.5 Å². The molecule has 1 aromatic heterocycles. The molecule has 0 spiro atoms. The summed E-state index contributed by atoms with van der Waals surface area (Å²) in [5.41, 5.74) is 0.432. The van der Waals surface area contributed by atoms with Crippen LogP contribution in [0.1, 0.15) is 16.8 Å². The Balaban J connectivity index is 1.23. The first-order valence-corrected chi connectivity index (χ1v) is 9.96. The third-order valence-corrected chi connectivity index (χ3v) is 4.95. The Morgan fingerprint density at radius 3 is 2.81 bits per heavy atom. The standard InChI is InChI=1S/C20H23N5O6/c26-18(22-4-1-6-24-7-5-21-12-24)19(27)23-11-17-25(8-9-29-17)20(28)14-2-3-15-16(10-14)31-13-30-15/h2-3,5,7,10,12,17H,1,4,6,8-9,11,13H2,(H,22,26)(H,23,27)/t17-/m1/s1. The van der Waals surface area contributed by atoms with Crippen LogP contribution >= 0.6 is 0 Å². The predicted octanol–water partition coefficient (Wildman–Crippen LogP) is -0.267. The van der Waals surface area contributed by atoms with Gasteiger partial charge in [-0.15, -0.1) is 0 Å². The van der Waals surface area contributed by atoms with Gasteiger partial charge in [-0.25, -0.2) is 4.98 Å². The number of aryl methyl sites for hydroxylation is 1. The molecule has 0 aliphatic carbocycles. The third kappa shape index (κ3) is 4.94. The Bertz CT molecular complexity index is 948. The summed E-state index contributed by atoms with van der Waals surface area (Å²) in [6.07, 6.45) is 5.20. The molecular weight excluding hydrogens is 406 g/mol. The maximum absolute atomic E-state index is 12.9. The van der Waals surface area contributed by atoms with Gasteiger partial charge >= 0.3 is 11.8 Å². The minimum Gasteiger partial charge on any atom is -0.454 e. The molecule has 0 unspecified atom stereocenters. The molecule has 2 aliphatic heterocycles. The highest BCUT2D eigenvalue weighted by atomic mass is 16.7. The summed E-state index contributed by atoms with van der Waals surface area (Å²) in [4.78, 5) is 42.3. The number of imidazole rings is 1. The van der Waals surface area contributed by atoms with Crippen LogP contribution in [-0.4, -0.2) is 71.4 Å². The van der Waals surface area contributed by atoms with Crippen LogP contribution in [0.2, 0.25) is 0 Å². The van der Waals surface area contributed by atoms with E-state index in [0.29, 0.717) is 49.7 Å². The number of amides is 3. The van der Waals surface area contributed by atoms with Crippen molar-refractivity contribution in [3.63, 3.8) is 0 Å². The van der Waals surface area contributed by atoms with Gasteiger partial charge in [-0.1, -0.05) is 0 Å². The fourth-order valence-corrected chi connectivity index (χ4v) is 3.34. The molecule has 1 fully saturated rings. The zero-order valence-electron chi connectivity index (χ0n) is 16.8. The van der Waals surface area contributed by atoms with Gasteiger partial charge < -0.3 is 34.3 Å². The molecule has 3 heterocycles. The molecule has 1 atom stereocenters. The van der Waals surface area contributed by atoms with E-state index in [1.165, 1.54) is 4.90 Å². The maximum atomic E-state index is 12.9. The number of ether oxygens (including phenoxy) is 3. The number of aromatic nitrogens is 2. The average molecular weight is 429 g/mol. The Labute approximate surface area is 178 Å². The summed E-state index contributed by atoms with van der Waals surface area (Å²) >= 11 is 0. The van der Waals surface area contributed by atoms with Gasteiger partial charge in [0.25, 0.3) is 5.91 Å². The van der Waals surface area contributed by atoms with E-state index in [0.717, 1.165) is 0 Å². The van der Waals surface area contributed by atoms with Gasteiger partial charge in [0.2, 0.25) is 6.79 Å².